The molecule has 0 fully saturated rings. The highest BCUT2D eigenvalue weighted by Gasteiger charge is 2.34. The summed E-state index contributed by atoms with van der Waals surface area (Å²) in [6, 6.07) is 5.37. The van der Waals surface area contributed by atoms with E-state index in [0.717, 1.165) is 16.7 Å². The fraction of sp³-hybridized carbons (Fsp3) is 0.154. The fourth-order valence-electron chi connectivity index (χ4n) is 1.92. The summed E-state index contributed by atoms with van der Waals surface area (Å²) in [7, 11) is 0. The number of alkyl halides is 3. The molecule has 0 aliphatic rings. The van der Waals surface area contributed by atoms with Crippen LogP contribution in [-0.4, -0.2) is 9.49 Å². The first-order chi connectivity index (χ1) is 9.71. The first-order valence-corrected chi connectivity index (χ1v) is 5.76. The predicted octanol–water partition coefficient (Wildman–Crippen LogP) is 3.07. The monoisotopic (exact) mass is 298 g/mol. The molecule has 2 rings (SSSR count). The molecule has 0 atom stereocenters. The van der Waals surface area contributed by atoms with E-state index < -0.39 is 22.2 Å². The van der Waals surface area contributed by atoms with E-state index >= 15 is 0 Å². The minimum atomic E-state index is -4.76. The Labute approximate surface area is 116 Å². The Morgan fingerprint density at radius 1 is 1.24 bits per heavy atom. The van der Waals surface area contributed by atoms with Crippen LogP contribution in [0.4, 0.5) is 18.9 Å². The molecule has 0 N–H and O–H groups in total. The van der Waals surface area contributed by atoms with Crippen molar-refractivity contribution in [3.63, 3.8) is 0 Å². The van der Waals surface area contributed by atoms with Gasteiger partial charge in [-0.05, 0) is 30.7 Å². The van der Waals surface area contributed by atoms with Crippen molar-refractivity contribution in [3.05, 3.63) is 68.1 Å². The van der Waals surface area contributed by atoms with Gasteiger partial charge in [-0.25, -0.2) is 0 Å². The van der Waals surface area contributed by atoms with Gasteiger partial charge in [-0.1, -0.05) is 0 Å². The third kappa shape index (κ3) is 2.78. The summed E-state index contributed by atoms with van der Waals surface area (Å²) in [4.78, 5) is 21.9. The van der Waals surface area contributed by atoms with E-state index in [1.807, 2.05) is 0 Å². The molecule has 0 aliphatic heterocycles. The minimum Gasteiger partial charge on any atom is -0.284 e. The van der Waals surface area contributed by atoms with Gasteiger partial charge < -0.3 is 0 Å². The lowest BCUT2D eigenvalue weighted by Crippen LogP contribution is -2.27. The summed E-state index contributed by atoms with van der Waals surface area (Å²) in [5.41, 5.74) is -2.22. The molecule has 1 aromatic carbocycles. The standard InChI is InChI=1S/C13H9F3N2O3/c1-8-7-9(18(20)21)4-5-11(8)17-6-2-3-10(12(17)19)13(14,15)16/h2-7H,1H3. The van der Waals surface area contributed by atoms with Gasteiger partial charge in [0.25, 0.3) is 11.2 Å². The van der Waals surface area contributed by atoms with Gasteiger partial charge in [0.05, 0.1) is 10.6 Å². The molecule has 0 aliphatic carbocycles. The van der Waals surface area contributed by atoms with Gasteiger partial charge in [0, 0.05) is 18.3 Å². The third-order valence-electron chi connectivity index (χ3n) is 2.90. The van der Waals surface area contributed by atoms with E-state index in [9.17, 15) is 28.1 Å². The van der Waals surface area contributed by atoms with Crippen molar-refractivity contribution in [2.45, 2.75) is 13.1 Å². The molecular formula is C13H9F3N2O3. The highest BCUT2D eigenvalue weighted by atomic mass is 19.4. The van der Waals surface area contributed by atoms with Crippen LogP contribution in [0.15, 0.2) is 41.3 Å². The predicted molar refractivity (Wildman–Crippen MR) is 68.4 cm³/mol. The van der Waals surface area contributed by atoms with Gasteiger partial charge in [-0.15, -0.1) is 0 Å². The first-order valence-electron chi connectivity index (χ1n) is 5.76. The highest BCUT2D eigenvalue weighted by molar-refractivity contribution is 5.48. The number of halogens is 3. The zero-order valence-electron chi connectivity index (χ0n) is 10.7. The molecule has 21 heavy (non-hydrogen) atoms. The van der Waals surface area contributed by atoms with E-state index in [4.69, 9.17) is 0 Å². The van der Waals surface area contributed by atoms with E-state index in [1.165, 1.54) is 25.3 Å². The molecule has 0 bridgehead atoms. The maximum absolute atomic E-state index is 12.7. The Balaban J connectivity index is 2.64. The van der Waals surface area contributed by atoms with Crippen molar-refractivity contribution in [2.24, 2.45) is 0 Å². The molecule has 0 spiro atoms. The average molecular weight is 298 g/mol. The van der Waals surface area contributed by atoms with Crippen LogP contribution in [-0.2, 0) is 6.18 Å². The molecule has 0 saturated carbocycles. The number of rotatable bonds is 2. The molecule has 2 aromatic rings. The smallest absolute Gasteiger partial charge is 0.284 e. The SMILES string of the molecule is Cc1cc([N+](=O)[O-])ccc1-n1cccc(C(F)(F)F)c1=O. The van der Waals surface area contributed by atoms with Crippen LogP contribution in [0.1, 0.15) is 11.1 Å². The molecule has 8 heteroatoms. The largest absolute Gasteiger partial charge is 0.421 e. The van der Waals surface area contributed by atoms with Crippen molar-refractivity contribution in [1.82, 2.24) is 4.57 Å². The van der Waals surface area contributed by atoms with E-state index in [-0.39, 0.29) is 11.4 Å². The number of hydrogen-bond donors (Lipinski definition) is 0. The summed E-state index contributed by atoms with van der Waals surface area (Å²) in [5.74, 6) is 0. The zero-order chi connectivity index (χ0) is 15.8. The van der Waals surface area contributed by atoms with Gasteiger partial charge in [-0.3, -0.25) is 19.5 Å². The molecule has 1 heterocycles. The molecule has 0 radical (unpaired) electrons. The van der Waals surface area contributed by atoms with E-state index in [2.05, 4.69) is 0 Å². The highest BCUT2D eigenvalue weighted by Crippen LogP contribution is 2.27. The van der Waals surface area contributed by atoms with Gasteiger partial charge in [0.2, 0.25) is 0 Å². The van der Waals surface area contributed by atoms with Crippen LogP contribution in [0.5, 0.6) is 0 Å². The van der Waals surface area contributed by atoms with E-state index in [0.29, 0.717) is 11.6 Å². The lowest BCUT2D eigenvalue weighted by molar-refractivity contribution is -0.384. The van der Waals surface area contributed by atoms with Crippen LogP contribution >= 0.6 is 0 Å². The second-order valence-electron chi connectivity index (χ2n) is 4.32. The number of nitro benzene ring substituents is 1. The van der Waals surface area contributed by atoms with Crippen LogP contribution in [0.2, 0.25) is 0 Å². The quantitative estimate of drug-likeness (QED) is 0.632. The summed E-state index contributed by atoms with van der Waals surface area (Å²) in [6.45, 7) is 1.48. The number of hydrogen-bond acceptors (Lipinski definition) is 3. The second-order valence-corrected chi connectivity index (χ2v) is 4.32. The lowest BCUT2D eigenvalue weighted by Gasteiger charge is -2.12. The molecule has 0 amide bonds. The first kappa shape index (κ1) is 14.8. The van der Waals surface area contributed by atoms with Crippen LogP contribution < -0.4 is 5.56 Å². The number of aromatic nitrogens is 1. The summed E-state index contributed by atoms with van der Waals surface area (Å²) >= 11 is 0. The van der Waals surface area contributed by atoms with Crippen molar-refractivity contribution >= 4 is 5.69 Å². The van der Waals surface area contributed by atoms with Gasteiger partial charge in [0.1, 0.15) is 5.56 Å². The molecular weight excluding hydrogens is 289 g/mol. The summed E-state index contributed by atoms with van der Waals surface area (Å²) in [5, 5.41) is 10.6. The van der Waals surface area contributed by atoms with E-state index in [1.54, 1.807) is 0 Å². The lowest BCUT2D eigenvalue weighted by atomic mass is 10.1. The maximum atomic E-state index is 12.7. The Morgan fingerprint density at radius 3 is 2.43 bits per heavy atom. The summed E-state index contributed by atoms with van der Waals surface area (Å²) in [6.07, 6.45) is -3.57. The van der Waals surface area contributed by atoms with Crippen LogP contribution in [0.3, 0.4) is 0 Å². The second kappa shape index (κ2) is 5.04. The Hall–Kier alpha value is -2.64. The third-order valence-corrected chi connectivity index (χ3v) is 2.90. The molecule has 0 unspecified atom stereocenters. The van der Waals surface area contributed by atoms with Crippen molar-refractivity contribution in [3.8, 4) is 5.69 Å². The Morgan fingerprint density at radius 2 is 1.90 bits per heavy atom. The van der Waals surface area contributed by atoms with Gasteiger partial charge >= 0.3 is 6.18 Å². The molecule has 110 valence electrons. The number of benzene rings is 1. The maximum Gasteiger partial charge on any atom is 0.421 e. The molecule has 1 aromatic heterocycles. The Kier molecular flexibility index (Phi) is 3.54. The number of non-ortho nitro benzene ring substituents is 1. The topological polar surface area (TPSA) is 65.1 Å². The normalized spacial score (nSPS) is 11.4. The Bertz CT molecular complexity index is 766. The van der Waals surface area contributed by atoms with Crippen molar-refractivity contribution in [1.29, 1.82) is 0 Å². The summed E-state index contributed by atoms with van der Waals surface area (Å²) < 4.78 is 39.0. The van der Waals surface area contributed by atoms with Crippen molar-refractivity contribution < 1.29 is 18.1 Å². The van der Waals surface area contributed by atoms with Crippen molar-refractivity contribution in [2.75, 3.05) is 0 Å². The van der Waals surface area contributed by atoms with Gasteiger partial charge in [-0.2, -0.15) is 13.2 Å². The van der Waals surface area contributed by atoms with Crippen LogP contribution in [0, 0.1) is 17.0 Å². The van der Waals surface area contributed by atoms with Gasteiger partial charge in [0.15, 0.2) is 0 Å². The number of nitro groups is 1. The minimum absolute atomic E-state index is 0.164. The fourth-order valence-corrected chi connectivity index (χ4v) is 1.92. The zero-order valence-corrected chi connectivity index (χ0v) is 10.7. The number of nitrogens with zero attached hydrogens (tertiary/aromatic N) is 2. The molecule has 5 nitrogen and oxygen atoms in total. The number of aryl methyl sites for hydroxylation is 1. The average Bonchev–Trinajstić information content (AvgIpc) is 2.38. The van der Waals surface area contributed by atoms with Crippen LogP contribution in [0.25, 0.3) is 5.69 Å². The number of pyridine rings is 1. The molecule has 0 saturated heterocycles.